The van der Waals surface area contributed by atoms with Crippen molar-refractivity contribution in [3.05, 3.63) is 35.4 Å². The quantitative estimate of drug-likeness (QED) is 0.201. The van der Waals surface area contributed by atoms with Crippen LogP contribution in [0, 0.1) is 11.8 Å². The molecular weight excluding hydrogens is 388 g/mol. The highest BCUT2D eigenvalue weighted by molar-refractivity contribution is 5.94. The van der Waals surface area contributed by atoms with E-state index in [4.69, 9.17) is 4.74 Å². The molecular formula is C27H44O4. The van der Waals surface area contributed by atoms with Gasteiger partial charge in [-0.25, -0.2) is 9.59 Å². The molecule has 0 aliphatic rings. The van der Waals surface area contributed by atoms with Crippen LogP contribution in [-0.2, 0) is 4.74 Å². The predicted molar refractivity (Wildman–Crippen MR) is 128 cm³/mol. The summed E-state index contributed by atoms with van der Waals surface area (Å²) in [4.78, 5) is 24.0. The third kappa shape index (κ3) is 11.9. The van der Waals surface area contributed by atoms with Crippen LogP contribution in [0.3, 0.4) is 0 Å². The van der Waals surface area contributed by atoms with Gasteiger partial charge in [-0.15, -0.1) is 0 Å². The molecule has 0 spiro atoms. The lowest BCUT2D eigenvalue weighted by Crippen LogP contribution is -2.22. The SMILES string of the molecule is CCCCCC(CCC)CC(CCCCCC(C)C)OC(=O)c1cccc(C(=O)O)c1. The van der Waals surface area contributed by atoms with E-state index in [0.717, 1.165) is 38.0 Å². The molecule has 0 fully saturated rings. The summed E-state index contributed by atoms with van der Waals surface area (Å²) in [5.41, 5.74) is 0.436. The minimum Gasteiger partial charge on any atom is -0.478 e. The average Bonchev–Trinajstić information content (AvgIpc) is 2.73. The van der Waals surface area contributed by atoms with Gasteiger partial charge in [0.1, 0.15) is 6.10 Å². The maximum Gasteiger partial charge on any atom is 0.338 e. The van der Waals surface area contributed by atoms with E-state index in [-0.39, 0.29) is 11.7 Å². The zero-order valence-electron chi connectivity index (χ0n) is 20.2. The van der Waals surface area contributed by atoms with Crippen LogP contribution in [0.4, 0.5) is 0 Å². The monoisotopic (exact) mass is 432 g/mol. The molecule has 1 aromatic rings. The summed E-state index contributed by atoms with van der Waals surface area (Å²) in [6.45, 7) is 8.95. The molecule has 0 saturated carbocycles. The number of carboxylic acid groups (broad SMARTS) is 1. The van der Waals surface area contributed by atoms with Gasteiger partial charge in [0.25, 0.3) is 0 Å². The molecule has 2 atom stereocenters. The second-order valence-corrected chi connectivity index (χ2v) is 9.33. The molecule has 0 bridgehead atoms. The highest BCUT2D eigenvalue weighted by Crippen LogP contribution is 2.26. The van der Waals surface area contributed by atoms with Crippen LogP contribution in [0.5, 0.6) is 0 Å². The van der Waals surface area contributed by atoms with Crippen LogP contribution in [-0.4, -0.2) is 23.1 Å². The summed E-state index contributed by atoms with van der Waals surface area (Å²) < 4.78 is 5.95. The van der Waals surface area contributed by atoms with Crippen molar-refractivity contribution < 1.29 is 19.4 Å². The Balaban J connectivity index is 2.78. The Morgan fingerprint density at radius 1 is 0.871 bits per heavy atom. The lowest BCUT2D eigenvalue weighted by molar-refractivity contribution is 0.0203. The first-order valence-electron chi connectivity index (χ1n) is 12.4. The Hall–Kier alpha value is -1.84. The molecule has 2 unspecified atom stereocenters. The molecule has 0 saturated heterocycles. The van der Waals surface area contributed by atoms with Crippen LogP contribution < -0.4 is 0 Å². The summed E-state index contributed by atoms with van der Waals surface area (Å²) in [5.74, 6) is -0.132. The maximum atomic E-state index is 12.8. The van der Waals surface area contributed by atoms with Crippen molar-refractivity contribution in [2.45, 2.75) is 111 Å². The van der Waals surface area contributed by atoms with Gasteiger partial charge in [0.2, 0.25) is 0 Å². The number of aromatic carboxylic acids is 1. The van der Waals surface area contributed by atoms with Gasteiger partial charge in [-0.2, -0.15) is 0 Å². The number of ether oxygens (including phenoxy) is 1. The molecule has 1 aromatic carbocycles. The first-order chi connectivity index (χ1) is 14.9. The summed E-state index contributed by atoms with van der Waals surface area (Å²) in [5, 5.41) is 9.21. The van der Waals surface area contributed by atoms with Gasteiger partial charge >= 0.3 is 11.9 Å². The van der Waals surface area contributed by atoms with Crippen LogP contribution in [0.1, 0.15) is 125 Å². The second-order valence-electron chi connectivity index (χ2n) is 9.33. The number of unbranched alkanes of at least 4 members (excludes halogenated alkanes) is 4. The van der Waals surface area contributed by atoms with E-state index in [1.807, 2.05) is 0 Å². The Labute approximate surface area is 189 Å². The van der Waals surface area contributed by atoms with Crippen molar-refractivity contribution in [1.82, 2.24) is 0 Å². The third-order valence-electron chi connectivity index (χ3n) is 5.94. The summed E-state index contributed by atoms with van der Waals surface area (Å²) in [6.07, 6.45) is 13.6. The van der Waals surface area contributed by atoms with Crippen molar-refractivity contribution in [2.75, 3.05) is 0 Å². The highest BCUT2D eigenvalue weighted by atomic mass is 16.5. The minimum atomic E-state index is -1.03. The minimum absolute atomic E-state index is 0.0989. The molecule has 4 heteroatoms. The Morgan fingerprint density at radius 3 is 2.19 bits per heavy atom. The number of benzene rings is 1. The highest BCUT2D eigenvalue weighted by Gasteiger charge is 2.21. The molecule has 0 aliphatic heterocycles. The zero-order valence-corrected chi connectivity index (χ0v) is 20.2. The molecule has 1 N–H and O–H groups in total. The van der Waals surface area contributed by atoms with Gasteiger partial charge in [-0.05, 0) is 49.3 Å². The maximum absolute atomic E-state index is 12.8. The Kier molecular flexibility index (Phi) is 13.9. The van der Waals surface area contributed by atoms with Crippen molar-refractivity contribution in [3.8, 4) is 0 Å². The van der Waals surface area contributed by atoms with E-state index in [0.29, 0.717) is 11.5 Å². The number of carbonyl (C=O) groups is 2. The first-order valence-corrected chi connectivity index (χ1v) is 12.4. The van der Waals surface area contributed by atoms with Gasteiger partial charge in [0, 0.05) is 0 Å². The molecule has 1 rings (SSSR count). The number of rotatable bonds is 17. The van der Waals surface area contributed by atoms with E-state index in [9.17, 15) is 14.7 Å². The van der Waals surface area contributed by atoms with Gasteiger partial charge in [0.05, 0.1) is 11.1 Å². The normalized spacial score (nSPS) is 13.2. The van der Waals surface area contributed by atoms with Crippen LogP contribution in [0.2, 0.25) is 0 Å². The lowest BCUT2D eigenvalue weighted by atomic mass is 9.89. The summed E-state index contributed by atoms with van der Waals surface area (Å²) in [7, 11) is 0. The Morgan fingerprint density at radius 2 is 1.55 bits per heavy atom. The van der Waals surface area contributed by atoms with Gasteiger partial charge in [-0.3, -0.25) is 0 Å². The second kappa shape index (κ2) is 15.9. The van der Waals surface area contributed by atoms with Gasteiger partial charge < -0.3 is 9.84 Å². The fourth-order valence-electron chi connectivity index (χ4n) is 4.17. The molecule has 176 valence electrons. The van der Waals surface area contributed by atoms with Crippen molar-refractivity contribution in [3.63, 3.8) is 0 Å². The van der Waals surface area contributed by atoms with Crippen molar-refractivity contribution >= 4 is 11.9 Å². The molecule has 0 radical (unpaired) electrons. The molecule has 4 nitrogen and oxygen atoms in total. The summed E-state index contributed by atoms with van der Waals surface area (Å²) >= 11 is 0. The summed E-state index contributed by atoms with van der Waals surface area (Å²) in [6, 6.07) is 6.15. The smallest absolute Gasteiger partial charge is 0.338 e. The fraction of sp³-hybridized carbons (Fsp3) is 0.704. The third-order valence-corrected chi connectivity index (χ3v) is 5.94. The molecule has 0 aromatic heterocycles. The fourth-order valence-corrected chi connectivity index (χ4v) is 4.17. The Bertz CT molecular complexity index is 638. The van der Waals surface area contributed by atoms with Gasteiger partial charge in [0.15, 0.2) is 0 Å². The van der Waals surface area contributed by atoms with E-state index in [1.165, 1.54) is 57.1 Å². The lowest BCUT2D eigenvalue weighted by Gasteiger charge is -2.24. The van der Waals surface area contributed by atoms with E-state index < -0.39 is 11.9 Å². The van der Waals surface area contributed by atoms with Crippen LogP contribution in [0.15, 0.2) is 24.3 Å². The van der Waals surface area contributed by atoms with Crippen molar-refractivity contribution in [1.29, 1.82) is 0 Å². The number of esters is 1. The van der Waals surface area contributed by atoms with Gasteiger partial charge in [-0.1, -0.05) is 91.5 Å². The molecule has 0 aliphatic carbocycles. The number of carbonyl (C=O) groups excluding carboxylic acids is 1. The van der Waals surface area contributed by atoms with Crippen LogP contribution in [0.25, 0.3) is 0 Å². The molecule has 31 heavy (non-hydrogen) atoms. The predicted octanol–water partition coefficient (Wildman–Crippen LogP) is 7.90. The number of carboxylic acids is 1. The van der Waals surface area contributed by atoms with E-state index in [1.54, 1.807) is 12.1 Å². The first kappa shape index (κ1) is 27.2. The number of hydrogen-bond donors (Lipinski definition) is 1. The van der Waals surface area contributed by atoms with Crippen molar-refractivity contribution in [2.24, 2.45) is 11.8 Å². The molecule has 0 amide bonds. The zero-order chi connectivity index (χ0) is 23.1. The van der Waals surface area contributed by atoms with Crippen LogP contribution >= 0.6 is 0 Å². The standard InChI is InChI=1S/C27H44O4/c1-5-7-9-15-22(13-6-2)19-25(18-11-8-10-14-21(3)4)31-27(30)24-17-12-16-23(20-24)26(28)29/h12,16-17,20-22,25H,5-11,13-15,18-19H2,1-4H3,(H,28,29). The van der Waals surface area contributed by atoms with E-state index in [2.05, 4.69) is 27.7 Å². The number of hydrogen-bond acceptors (Lipinski definition) is 3. The average molecular weight is 433 g/mol. The largest absolute Gasteiger partial charge is 0.478 e. The topological polar surface area (TPSA) is 63.6 Å². The molecule has 0 heterocycles. The van der Waals surface area contributed by atoms with E-state index >= 15 is 0 Å².